The number of benzene rings is 2. The Morgan fingerprint density at radius 3 is 2.29 bits per heavy atom. The zero-order valence-electron chi connectivity index (χ0n) is 12.1. The van der Waals surface area contributed by atoms with Crippen molar-refractivity contribution in [3.63, 3.8) is 0 Å². The van der Waals surface area contributed by atoms with Crippen molar-refractivity contribution < 1.29 is 13.9 Å². The monoisotopic (exact) mass is 289 g/mol. The van der Waals surface area contributed by atoms with Crippen LogP contribution in [0.5, 0.6) is 11.5 Å². The standard InChI is InChI=1S/C17H20FNO2/c1-2-20-16-5-3-4-6-17(16)21-12-11-19-13-14-7-9-15(18)10-8-14/h3-10,19H,2,11-13H2,1H3. The van der Waals surface area contributed by atoms with Crippen LogP contribution in [-0.4, -0.2) is 19.8 Å². The van der Waals surface area contributed by atoms with Crippen molar-refractivity contribution in [1.82, 2.24) is 5.32 Å². The van der Waals surface area contributed by atoms with Gasteiger partial charge in [0.25, 0.3) is 0 Å². The lowest BCUT2D eigenvalue weighted by Crippen LogP contribution is -2.20. The molecule has 0 aliphatic heterocycles. The first-order valence-electron chi connectivity index (χ1n) is 7.09. The van der Waals surface area contributed by atoms with E-state index >= 15 is 0 Å². The van der Waals surface area contributed by atoms with E-state index < -0.39 is 0 Å². The lowest BCUT2D eigenvalue weighted by molar-refractivity contribution is 0.275. The third-order valence-electron chi connectivity index (χ3n) is 2.93. The second-order valence-electron chi connectivity index (χ2n) is 4.53. The van der Waals surface area contributed by atoms with Gasteiger partial charge in [0.1, 0.15) is 12.4 Å². The van der Waals surface area contributed by atoms with E-state index in [4.69, 9.17) is 9.47 Å². The Labute approximate surface area is 124 Å². The summed E-state index contributed by atoms with van der Waals surface area (Å²) in [4.78, 5) is 0. The van der Waals surface area contributed by atoms with Crippen molar-refractivity contribution in [3.8, 4) is 11.5 Å². The molecule has 0 aromatic heterocycles. The predicted molar refractivity (Wildman–Crippen MR) is 81.2 cm³/mol. The molecule has 2 rings (SSSR count). The van der Waals surface area contributed by atoms with Gasteiger partial charge in [0.2, 0.25) is 0 Å². The Kier molecular flexibility index (Phi) is 6.03. The first kappa shape index (κ1) is 15.3. The first-order chi connectivity index (χ1) is 10.3. The largest absolute Gasteiger partial charge is 0.490 e. The van der Waals surface area contributed by atoms with Crippen molar-refractivity contribution in [2.45, 2.75) is 13.5 Å². The molecule has 1 N–H and O–H groups in total. The molecule has 0 bridgehead atoms. The first-order valence-corrected chi connectivity index (χ1v) is 7.09. The zero-order chi connectivity index (χ0) is 14.9. The van der Waals surface area contributed by atoms with Gasteiger partial charge in [-0.1, -0.05) is 24.3 Å². The molecular formula is C17H20FNO2. The maximum Gasteiger partial charge on any atom is 0.161 e. The fourth-order valence-corrected chi connectivity index (χ4v) is 1.91. The molecule has 0 spiro atoms. The molecule has 0 amide bonds. The summed E-state index contributed by atoms with van der Waals surface area (Å²) < 4.78 is 24.0. The maximum atomic E-state index is 12.8. The molecule has 0 radical (unpaired) electrons. The average molecular weight is 289 g/mol. The fraction of sp³-hybridized carbons (Fsp3) is 0.294. The van der Waals surface area contributed by atoms with Crippen LogP contribution in [0, 0.1) is 5.82 Å². The van der Waals surface area contributed by atoms with Gasteiger partial charge in [0.15, 0.2) is 11.5 Å². The Morgan fingerprint density at radius 2 is 1.62 bits per heavy atom. The van der Waals surface area contributed by atoms with E-state index in [0.29, 0.717) is 26.3 Å². The number of rotatable bonds is 8. The lowest BCUT2D eigenvalue weighted by atomic mass is 10.2. The van der Waals surface area contributed by atoms with Crippen LogP contribution in [0.4, 0.5) is 4.39 Å². The van der Waals surface area contributed by atoms with Gasteiger partial charge in [-0.15, -0.1) is 0 Å². The molecule has 2 aromatic carbocycles. The van der Waals surface area contributed by atoms with Gasteiger partial charge in [0.05, 0.1) is 6.61 Å². The summed E-state index contributed by atoms with van der Waals surface area (Å²) in [5.74, 6) is 1.30. The summed E-state index contributed by atoms with van der Waals surface area (Å²) in [6, 6.07) is 14.1. The number of halogens is 1. The van der Waals surface area contributed by atoms with E-state index in [0.717, 1.165) is 17.1 Å². The van der Waals surface area contributed by atoms with Crippen LogP contribution < -0.4 is 14.8 Å². The van der Waals surface area contributed by atoms with Gasteiger partial charge in [-0.3, -0.25) is 0 Å². The van der Waals surface area contributed by atoms with Gasteiger partial charge in [-0.2, -0.15) is 0 Å². The molecule has 0 fully saturated rings. The van der Waals surface area contributed by atoms with E-state index in [1.807, 2.05) is 31.2 Å². The Morgan fingerprint density at radius 1 is 0.952 bits per heavy atom. The topological polar surface area (TPSA) is 30.5 Å². The molecule has 4 heteroatoms. The molecule has 0 atom stereocenters. The van der Waals surface area contributed by atoms with Crippen molar-refractivity contribution >= 4 is 0 Å². The van der Waals surface area contributed by atoms with Crippen molar-refractivity contribution in [2.24, 2.45) is 0 Å². The SMILES string of the molecule is CCOc1ccccc1OCCNCc1ccc(F)cc1. The third kappa shape index (κ3) is 5.08. The number of ether oxygens (including phenoxy) is 2. The van der Waals surface area contributed by atoms with E-state index in [2.05, 4.69) is 5.32 Å². The zero-order valence-corrected chi connectivity index (χ0v) is 12.1. The second kappa shape index (κ2) is 8.27. The van der Waals surface area contributed by atoms with Gasteiger partial charge >= 0.3 is 0 Å². The highest BCUT2D eigenvalue weighted by molar-refractivity contribution is 5.39. The molecular weight excluding hydrogens is 269 g/mol. The van der Waals surface area contributed by atoms with Crippen LogP contribution in [-0.2, 0) is 6.54 Å². The maximum absolute atomic E-state index is 12.8. The highest BCUT2D eigenvalue weighted by Crippen LogP contribution is 2.25. The van der Waals surface area contributed by atoms with E-state index in [1.165, 1.54) is 12.1 Å². The molecule has 112 valence electrons. The molecule has 0 heterocycles. The minimum atomic E-state index is -0.213. The van der Waals surface area contributed by atoms with Gasteiger partial charge in [-0.25, -0.2) is 4.39 Å². The Balaban J connectivity index is 1.71. The number of para-hydroxylation sites is 2. The highest BCUT2D eigenvalue weighted by Gasteiger charge is 2.02. The van der Waals surface area contributed by atoms with Crippen LogP contribution in [0.15, 0.2) is 48.5 Å². The van der Waals surface area contributed by atoms with Crippen molar-refractivity contribution in [1.29, 1.82) is 0 Å². The van der Waals surface area contributed by atoms with Gasteiger partial charge in [-0.05, 0) is 36.8 Å². The minimum Gasteiger partial charge on any atom is -0.490 e. The molecule has 0 aliphatic rings. The van der Waals surface area contributed by atoms with Gasteiger partial charge < -0.3 is 14.8 Å². The Bertz CT molecular complexity index is 543. The summed E-state index contributed by atoms with van der Waals surface area (Å²) in [6.07, 6.45) is 0. The summed E-state index contributed by atoms with van der Waals surface area (Å²) in [6.45, 7) is 4.50. The van der Waals surface area contributed by atoms with E-state index in [-0.39, 0.29) is 5.82 Å². The van der Waals surface area contributed by atoms with Crippen LogP contribution in [0.25, 0.3) is 0 Å². The molecule has 0 unspecified atom stereocenters. The predicted octanol–water partition coefficient (Wildman–Crippen LogP) is 3.39. The molecule has 3 nitrogen and oxygen atoms in total. The summed E-state index contributed by atoms with van der Waals surface area (Å²) in [5, 5.41) is 3.25. The molecule has 0 saturated heterocycles. The smallest absolute Gasteiger partial charge is 0.161 e. The summed E-state index contributed by atoms with van der Waals surface area (Å²) in [7, 11) is 0. The lowest BCUT2D eigenvalue weighted by Gasteiger charge is -2.12. The quantitative estimate of drug-likeness (QED) is 0.756. The Hall–Kier alpha value is -2.07. The van der Waals surface area contributed by atoms with Crippen LogP contribution >= 0.6 is 0 Å². The normalized spacial score (nSPS) is 10.4. The minimum absolute atomic E-state index is 0.213. The highest BCUT2D eigenvalue weighted by atomic mass is 19.1. The number of hydrogen-bond donors (Lipinski definition) is 1. The van der Waals surface area contributed by atoms with Crippen molar-refractivity contribution in [2.75, 3.05) is 19.8 Å². The molecule has 0 saturated carbocycles. The molecule has 0 aliphatic carbocycles. The second-order valence-corrected chi connectivity index (χ2v) is 4.53. The van der Waals surface area contributed by atoms with Crippen LogP contribution in [0.3, 0.4) is 0 Å². The van der Waals surface area contributed by atoms with Gasteiger partial charge in [0, 0.05) is 13.1 Å². The molecule has 21 heavy (non-hydrogen) atoms. The number of nitrogens with one attached hydrogen (secondary N) is 1. The molecule has 2 aromatic rings. The van der Waals surface area contributed by atoms with Crippen LogP contribution in [0.2, 0.25) is 0 Å². The van der Waals surface area contributed by atoms with Crippen molar-refractivity contribution in [3.05, 3.63) is 59.9 Å². The van der Waals surface area contributed by atoms with E-state index in [9.17, 15) is 4.39 Å². The van der Waals surface area contributed by atoms with Crippen LogP contribution in [0.1, 0.15) is 12.5 Å². The third-order valence-corrected chi connectivity index (χ3v) is 2.93. The number of hydrogen-bond acceptors (Lipinski definition) is 3. The fourth-order valence-electron chi connectivity index (χ4n) is 1.91. The average Bonchev–Trinajstić information content (AvgIpc) is 2.51. The summed E-state index contributed by atoms with van der Waals surface area (Å²) in [5.41, 5.74) is 1.05. The van der Waals surface area contributed by atoms with E-state index in [1.54, 1.807) is 12.1 Å². The summed E-state index contributed by atoms with van der Waals surface area (Å²) >= 11 is 0.